The fourth-order valence-electron chi connectivity index (χ4n) is 2.59. The van der Waals surface area contributed by atoms with E-state index in [1.807, 2.05) is 12.1 Å². The summed E-state index contributed by atoms with van der Waals surface area (Å²) in [5.74, 6) is 0.697. The molecule has 0 unspecified atom stereocenters. The minimum atomic E-state index is -3.16. The number of methoxy groups -OCH3 is 1. The lowest BCUT2D eigenvalue weighted by Crippen LogP contribution is -2.19. The smallest absolute Gasteiger partial charge is 0.316 e. The zero-order valence-electron chi connectivity index (χ0n) is 16.3. The molecule has 9 nitrogen and oxygen atoms in total. The molecule has 0 saturated heterocycles. The number of ether oxygens (including phenoxy) is 2. The van der Waals surface area contributed by atoms with E-state index in [1.54, 1.807) is 24.3 Å². The Morgan fingerprint density at radius 2 is 1.97 bits per heavy atom. The molecule has 1 heterocycles. The van der Waals surface area contributed by atoms with Gasteiger partial charge in [-0.15, -0.1) is 0 Å². The quantitative estimate of drug-likeness (QED) is 0.503. The number of primary amides is 1. The molecule has 30 heavy (non-hydrogen) atoms. The van der Waals surface area contributed by atoms with Crippen LogP contribution >= 0.6 is 11.8 Å². The number of carbonyl (C=O) groups excluding carboxylic acids is 1. The molecule has 3 aromatic rings. The summed E-state index contributed by atoms with van der Waals surface area (Å²) >= 11 is 1.32. The molecule has 0 fully saturated rings. The van der Waals surface area contributed by atoms with E-state index in [2.05, 4.69) is 15.3 Å². The average Bonchev–Trinajstić information content (AvgIpc) is 2.68. The van der Waals surface area contributed by atoms with Crippen LogP contribution in [-0.4, -0.2) is 50.1 Å². The number of amides is 2. The van der Waals surface area contributed by atoms with Crippen molar-refractivity contribution >= 4 is 44.2 Å². The summed E-state index contributed by atoms with van der Waals surface area (Å²) in [4.78, 5) is 20.6. The van der Waals surface area contributed by atoms with E-state index < -0.39 is 15.9 Å². The number of aromatic nitrogens is 2. The highest BCUT2D eigenvalue weighted by molar-refractivity contribution is 7.99. The van der Waals surface area contributed by atoms with Crippen LogP contribution < -0.4 is 20.5 Å². The fourth-order valence-corrected chi connectivity index (χ4v) is 3.94. The Hall–Kier alpha value is -3.05. The van der Waals surface area contributed by atoms with Crippen LogP contribution in [0, 0.1) is 0 Å². The van der Waals surface area contributed by atoms with Crippen LogP contribution in [0.1, 0.15) is 0 Å². The van der Waals surface area contributed by atoms with Gasteiger partial charge in [0.15, 0.2) is 21.3 Å². The highest BCUT2D eigenvalue weighted by Crippen LogP contribution is 2.39. The van der Waals surface area contributed by atoms with Crippen LogP contribution in [0.25, 0.3) is 10.9 Å². The van der Waals surface area contributed by atoms with Crippen LogP contribution in [0.15, 0.2) is 52.6 Å². The van der Waals surface area contributed by atoms with Gasteiger partial charge in [-0.2, -0.15) is 0 Å². The maximum Gasteiger partial charge on any atom is 0.316 e. The number of nitrogens with zero attached hydrogens (tertiary/aromatic N) is 2. The molecule has 0 aliphatic heterocycles. The summed E-state index contributed by atoms with van der Waals surface area (Å²) in [5, 5.41) is 3.89. The molecule has 3 rings (SSSR count). The molecule has 158 valence electrons. The minimum absolute atomic E-state index is 0.0117. The molecule has 0 aliphatic carbocycles. The Bertz CT molecular complexity index is 1180. The number of carbonyl (C=O) groups is 1. The lowest BCUT2D eigenvalue weighted by Gasteiger charge is -2.13. The van der Waals surface area contributed by atoms with Gasteiger partial charge in [0.05, 0.1) is 24.1 Å². The first-order valence-electron chi connectivity index (χ1n) is 8.73. The molecule has 0 bridgehead atoms. The van der Waals surface area contributed by atoms with Gasteiger partial charge in [-0.25, -0.2) is 23.2 Å². The van der Waals surface area contributed by atoms with Crippen molar-refractivity contribution in [2.24, 2.45) is 5.73 Å². The Balaban J connectivity index is 1.98. The summed E-state index contributed by atoms with van der Waals surface area (Å²) in [5.41, 5.74) is 6.43. The fraction of sp³-hybridized carbons (Fsp3) is 0.211. The first-order valence-corrected chi connectivity index (χ1v) is 11.6. The Morgan fingerprint density at radius 3 is 2.67 bits per heavy atom. The van der Waals surface area contributed by atoms with Crippen molar-refractivity contribution in [3.63, 3.8) is 0 Å². The van der Waals surface area contributed by atoms with Gasteiger partial charge < -0.3 is 20.5 Å². The van der Waals surface area contributed by atoms with E-state index in [-0.39, 0.29) is 12.4 Å². The first kappa shape index (κ1) is 21.7. The average molecular weight is 449 g/mol. The van der Waals surface area contributed by atoms with E-state index in [9.17, 15) is 13.2 Å². The van der Waals surface area contributed by atoms with Gasteiger partial charge >= 0.3 is 6.03 Å². The standard InChI is InChI=1S/C19H20N4O5S2/c1-27-15-10-14-12(9-16(15)28-7-8-30(2,25)26)18(22-11-21-14)29-17-6-4-3-5-13(17)23-19(20)24/h3-6,9-11H,7-8H2,1-2H3,(H3,20,23,24). The second-order valence-electron chi connectivity index (χ2n) is 6.26. The molecule has 11 heteroatoms. The molecular formula is C19H20N4O5S2. The molecule has 0 radical (unpaired) electrons. The monoisotopic (exact) mass is 448 g/mol. The van der Waals surface area contributed by atoms with Gasteiger partial charge in [-0.3, -0.25) is 0 Å². The molecule has 0 spiro atoms. The maximum absolute atomic E-state index is 11.4. The van der Waals surface area contributed by atoms with Gasteiger partial charge in [0.1, 0.15) is 18.0 Å². The number of nitrogens with two attached hydrogens (primary N) is 1. The van der Waals surface area contributed by atoms with Crippen molar-refractivity contribution in [1.29, 1.82) is 0 Å². The zero-order valence-corrected chi connectivity index (χ0v) is 17.9. The van der Waals surface area contributed by atoms with Crippen molar-refractivity contribution in [1.82, 2.24) is 9.97 Å². The number of hydrogen-bond acceptors (Lipinski definition) is 8. The molecule has 1 aromatic heterocycles. The van der Waals surface area contributed by atoms with E-state index in [0.29, 0.717) is 33.1 Å². The van der Waals surface area contributed by atoms with E-state index in [4.69, 9.17) is 15.2 Å². The highest BCUT2D eigenvalue weighted by Gasteiger charge is 2.15. The van der Waals surface area contributed by atoms with Gasteiger partial charge in [-0.05, 0) is 18.2 Å². The van der Waals surface area contributed by atoms with Crippen molar-refractivity contribution < 1.29 is 22.7 Å². The Labute approximate surface area is 177 Å². The van der Waals surface area contributed by atoms with Gasteiger partial charge in [0, 0.05) is 22.6 Å². The number of sulfone groups is 1. The maximum atomic E-state index is 11.4. The van der Waals surface area contributed by atoms with E-state index >= 15 is 0 Å². The molecule has 3 N–H and O–H groups in total. The molecule has 2 aromatic carbocycles. The van der Waals surface area contributed by atoms with E-state index in [1.165, 1.54) is 25.2 Å². The number of nitrogens with one attached hydrogen (secondary N) is 1. The summed E-state index contributed by atoms with van der Waals surface area (Å²) in [6.45, 7) is -0.0117. The minimum Gasteiger partial charge on any atom is -0.493 e. The number of hydrogen-bond donors (Lipinski definition) is 2. The largest absolute Gasteiger partial charge is 0.493 e. The Morgan fingerprint density at radius 1 is 1.20 bits per heavy atom. The SMILES string of the molecule is COc1cc2ncnc(Sc3ccccc3NC(N)=O)c2cc1OCCS(C)(=O)=O. The molecule has 0 saturated carbocycles. The van der Waals surface area contributed by atoms with Crippen LogP contribution in [0.5, 0.6) is 11.5 Å². The van der Waals surface area contributed by atoms with Crippen molar-refractivity contribution in [3.05, 3.63) is 42.7 Å². The van der Waals surface area contributed by atoms with Gasteiger partial charge in [0.2, 0.25) is 0 Å². The normalized spacial score (nSPS) is 11.3. The number of para-hydroxylation sites is 1. The summed E-state index contributed by atoms with van der Waals surface area (Å²) in [6, 6.07) is 9.93. The third kappa shape index (κ3) is 5.51. The number of rotatable bonds is 8. The number of urea groups is 1. The number of benzene rings is 2. The third-order valence-corrected chi connectivity index (χ3v) is 5.95. The van der Waals surface area contributed by atoms with Gasteiger partial charge in [-0.1, -0.05) is 23.9 Å². The highest BCUT2D eigenvalue weighted by atomic mass is 32.2. The lowest BCUT2D eigenvalue weighted by molar-refractivity contribution is 0.259. The molecule has 2 amide bonds. The predicted octanol–water partition coefficient (Wildman–Crippen LogP) is 2.70. The van der Waals surface area contributed by atoms with Crippen molar-refractivity contribution in [3.8, 4) is 11.5 Å². The second kappa shape index (κ2) is 9.18. The second-order valence-corrected chi connectivity index (χ2v) is 9.56. The van der Waals surface area contributed by atoms with Crippen molar-refractivity contribution in [2.75, 3.05) is 31.0 Å². The number of anilines is 1. The summed E-state index contributed by atoms with van der Waals surface area (Å²) < 4.78 is 33.8. The number of fused-ring (bicyclic) bond motifs is 1. The van der Waals surface area contributed by atoms with Crippen LogP contribution in [0.2, 0.25) is 0 Å². The van der Waals surface area contributed by atoms with Gasteiger partial charge in [0.25, 0.3) is 0 Å². The van der Waals surface area contributed by atoms with Crippen molar-refractivity contribution in [2.45, 2.75) is 9.92 Å². The molecule has 0 aliphatic rings. The van der Waals surface area contributed by atoms with Crippen LogP contribution in [0.4, 0.5) is 10.5 Å². The summed E-state index contributed by atoms with van der Waals surface area (Å²) in [6.07, 6.45) is 2.58. The third-order valence-electron chi connectivity index (χ3n) is 3.95. The van der Waals surface area contributed by atoms with Crippen LogP contribution in [-0.2, 0) is 9.84 Å². The Kier molecular flexibility index (Phi) is 6.63. The topological polar surface area (TPSA) is 134 Å². The zero-order chi connectivity index (χ0) is 21.7. The summed E-state index contributed by atoms with van der Waals surface area (Å²) in [7, 11) is -1.67. The first-order chi connectivity index (χ1) is 14.3. The van der Waals surface area contributed by atoms with E-state index in [0.717, 1.165) is 11.2 Å². The molecular weight excluding hydrogens is 428 g/mol. The predicted molar refractivity (Wildman–Crippen MR) is 115 cm³/mol. The lowest BCUT2D eigenvalue weighted by atomic mass is 10.2. The molecule has 0 atom stereocenters. The van der Waals surface area contributed by atoms with Crippen LogP contribution in [0.3, 0.4) is 0 Å².